The second-order valence-electron chi connectivity index (χ2n) is 7.28. The van der Waals surface area contributed by atoms with E-state index < -0.39 is 23.8 Å². The maximum absolute atomic E-state index is 13.9. The SMILES string of the molecule is C=C/C=C/CC(C/C=C/C=C)(S(=O)(=O)c1ccc(C)cc1)S(=O)(=O)c1ccc(C)cc1. The second kappa shape index (κ2) is 10.1. The summed E-state index contributed by atoms with van der Waals surface area (Å²) >= 11 is 0. The van der Waals surface area contributed by atoms with Crippen LogP contribution in [0.25, 0.3) is 0 Å². The lowest BCUT2D eigenvalue weighted by Gasteiger charge is -2.31. The van der Waals surface area contributed by atoms with E-state index in [0.29, 0.717) is 0 Å². The highest BCUT2D eigenvalue weighted by Crippen LogP contribution is 2.42. The van der Waals surface area contributed by atoms with Crippen molar-refractivity contribution in [3.05, 3.63) is 109 Å². The molecule has 0 bridgehead atoms. The summed E-state index contributed by atoms with van der Waals surface area (Å²) in [5, 5.41) is 0. The highest BCUT2D eigenvalue weighted by Gasteiger charge is 2.54. The van der Waals surface area contributed by atoms with Gasteiger partial charge in [-0.05, 0) is 38.1 Å². The predicted octanol–water partition coefficient (Wildman–Crippen LogP) is 5.51. The van der Waals surface area contributed by atoms with E-state index in [9.17, 15) is 16.8 Å². The van der Waals surface area contributed by atoms with Crippen LogP contribution in [-0.4, -0.2) is 20.9 Å². The van der Waals surface area contributed by atoms with Crippen molar-refractivity contribution in [1.29, 1.82) is 0 Å². The van der Waals surface area contributed by atoms with Crippen molar-refractivity contribution in [1.82, 2.24) is 0 Å². The summed E-state index contributed by atoms with van der Waals surface area (Å²) in [5.74, 6) is 0. The Morgan fingerprint density at radius 1 is 0.677 bits per heavy atom. The van der Waals surface area contributed by atoms with Gasteiger partial charge in [0, 0.05) is 12.8 Å². The van der Waals surface area contributed by atoms with Crippen LogP contribution in [0.2, 0.25) is 0 Å². The molecule has 0 amide bonds. The zero-order valence-corrected chi connectivity index (χ0v) is 19.5. The number of benzene rings is 2. The average molecular weight is 457 g/mol. The van der Waals surface area contributed by atoms with Crippen LogP contribution in [0.3, 0.4) is 0 Å². The van der Waals surface area contributed by atoms with Crippen LogP contribution in [0.1, 0.15) is 24.0 Å². The first-order chi connectivity index (χ1) is 14.6. The lowest BCUT2D eigenvalue weighted by atomic mass is 10.2. The van der Waals surface area contributed by atoms with E-state index in [2.05, 4.69) is 13.2 Å². The first-order valence-electron chi connectivity index (χ1n) is 9.80. The van der Waals surface area contributed by atoms with E-state index in [1.807, 2.05) is 13.8 Å². The minimum absolute atomic E-state index is 0.0345. The van der Waals surface area contributed by atoms with Gasteiger partial charge in [0.15, 0.2) is 23.8 Å². The molecule has 0 fully saturated rings. The highest BCUT2D eigenvalue weighted by atomic mass is 32.3. The van der Waals surface area contributed by atoms with Crippen LogP contribution in [0.5, 0.6) is 0 Å². The molecule has 0 atom stereocenters. The van der Waals surface area contributed by atoms with Gasteiger partial charge in [-0.1, -0.05) is 85.0 Å². The number of rotatable bonds is 10. The van der Waals surface area contributed by atoms with Gasteiger partial charge in [0.05, 0.1) is 9.79 Å². The Labute approximate surface area is 186 Å². The topological polar surface area (TPSA) is 68.3 Å². The molecule has 2 aromatic rings. The summed E-state index contributed by atoms with van der Waals surface area (Å²) in [6.07, 6.45) is 8.70. The van der Waals surface area contributed by atoms with Gasteiger partial charge in [-0.2, -0.15) is 0 Å². The molecule has 0 aliphatic carbocycles. The summed E-state index contributed by atoms with van der Waals surface area (Å²) in [5.41, 5.74) is 1.76. The Kier molecular flexibility index (Phi) is 7.98. The molecule has 0 heterocycles. The van der Waals surface area contributed by atoms with Crippen molar-refractivity contribution in [3.63, 3.8) is 0 Å². The summed E-state index contributed by atoms with van der Waals surface area (Å²) in [6, 6.07) is 12.5. The fourth-order valence-electron chi connectivity index (χ4n) is 3.22. The number of hydrogen-bond donors (Lipinski definition) is 0. The molecule has 4 nitrogen and oxygen atoms in total. The summed E-state index contributed by atoms with van der Waals surface area (Å²) in [6.45, 7) is 10.9. The van der Waals surface area contributed by atoms with Gasteiger partial charge in [-0.15, -0.1) is 0 Å². The highest BCUT2D eigenvalue weighted by molar-refractivity contribution is 8.10. The molecular formula is C25H28O4S2. The summed E-state index contributed by atoms with van der Waals surface area (Å²) in [7, 11) is -8.63. The minimum atomic E-state index is -4.32. The quantitative estimate of drug-likeness (QED) is 0.442. The van der Waals surface area contributed by atoms with E-state index in [1.54, 1.807) is 36.4 Å². The third kappa shape index (κ3) is 4.97. The Morgan fingerprint density at radius 2 is 1.00 bits per heavy atom. The molecule has 0 aliphatic rings. The van der Waals surface area contributed by atoms with E-state index in [4.69, 9.17) is 0 Å². The molecule has 0 unspecified atom stereocenters. The molecular weight excluding hydrogens is 428 g/mol. The maximum atomic E-state index is 13.9. The first kappa shape index (κ1) is 24.6. The second-order valence-corrected chi connectivity index (χ2v) is 12.1. The van der Waals surface area contributed by atoms with Crippen LogP contribution >= 0.6 is 0 Å². The van der Waals surface area contributed by atoms with Crippen LogP contribution in [0, 0.1) is 13.8 Å². The molecule has 0 radical (unpaired) electrons. The van der Waals surface area contributed by atoms with Gasteiger partial charge in [0.2, 0.25) is 0 Å². The lowest BCUT2D eigenvalue weighted by Crippen LogP contribution is -2.46. The molecule has 0 saturated carbocycles. The zero-order valence-electron chi connectivity index (χ0n) is 17.9. The molecule has 2 rings (SSSR count). The number of hydrogen-bond acceptors (Lipinski definition) is 4. The third-order valence-corrected chi connectivity index (χ3v) is 10.8. The fraction of sp³-hybridized carbons (Fsp3) is 0.200. The molecule has 0 saturated heterocycles. The van der Waals surface area contributed by atoms with E-state index in [1.165, 1.54) is 48.6 Å². The van der Waals surface area contributed by atoms with Gasteiger partial charge in [0.1, 0.15) is 0 Å². The van der Waals surface area contributed by atoms with E-state index in [-0.39, 0.29) is 22.6 Å². The fourth-order valence-corrected chi connectivity index (χ4v) is 8.06. The Morgan fingerprint density at radius 3 is 1.29 bits per heavy atom. The normalized spacial score (nSPS) is 13.0. The van der Waals surface area contributed by atoms with Gasteiger partial charge in [0.25, 0.3) is 0 Å². The van der Waals surface area contributed by atoms with E-state index >= 15 is 0 Å². The molecule has 0 aromatic heterocycles. The molecule has 0 aliphatic heterocycles. The number of aryl methyl sites for hydroxylation is 2. The molecule has 6 heteroatoms. The van der Waals surface area contributed by atoms with Crippen molar-refractivity contribution in [2.24, 2.45) is 0 Å². The zero-order chi connectivity index (χ0) is 23.1. The number of allylic oxidation sites excluding steroid dienone is 6. The average Bonchev–Trinajstić information content (AvgIpc) is 2.73. The van der Waals surface area contributed by atoms with Crippen molar-refractivity contribution in [3.8, 4) is 0 Å². The van der Waals surface area contributed by atoms with Crippen LogP contribution in [0.4, 0.5) is 0 Å². The largest absolute Gasteiger partial charge is 0.222 e. The van der Waals surface area contributed by atoms with Gasteiger partial charge < -0.3 is 0 Å². The standard InChI is InChI=1S/C25H28O4S2/c1-5-7-9-19-25(20-10-8-6-2,30(26,27)23-15-11-21(3)12-16-23)31(28,29)24-17-13-22(4)14-18-24/h5-18H,1-2,19-20H2,3-4H3/b9-7+,10-8+. The third-order valence-electron chi connectivity index (χ3n) is 5.04. The van der Waals surface area contributed by atoms with Crippen LogP contribution < -0.4 is 0 Å². The van der Waals surface area contributed by atoms with Gasteiger partial charge >= 0.3 is 0 Å². The molecule has 0 N–H and O–H groups in total. The van der Waals surface area contributed by atoms with Gasteiger partial charge in [-0.3, -0.25) is 0 Å². The Hall–Kier alpha value is -2.70. The van der Waals surface area contributed by atoms with Crippen molar-refractivity contribution in [2.45, 2.75) is 40.6 Å². The Bertz CT molecular complexity index is 1090. The predicted molar refractivity (Wildman–Crippen MR) is 127 cm³/mol. The lowest BCUT2D eigenvalue weighted by molar-refractivity contribution is 0.537. The minimum Gasteiger partial charge on any atom is -0.222 e. The van der Waals surface area contributed by atoms with Crippen LogP contribution in [0.15, 0.2) is 108 Å². The molecule has 2 aromatic carbocycles. The van der Waals surface area contributed by atoms with Gasteiger partial charge in [-0.25, -0.2) is 16.8 Å². The van der Waals surface area contributed by atoms with Crippen molar-refractivity contribution in [2.75, 3.05) is 0 Å². The molecule has 31 heavy (non-hydrogen) atoms. The number of sulfone groups is 2. The van der Waals surface area contributed by atoms with Crippen molar-refractivity contribution >= 4 is 19.7 Å². The monoisotopic (exact) mass is 456 g/mol. The van der Waals surface area contributed by atoms with Crippen molar-refractivity contribution < 1.29 is 16.8 Å². The maximum Gasteiger partial charge on any atom is 0.199 e. The smallest absolute Gasteiger partial charge is 0.199 e. The molecule has 0 spiro atoms. The first-order valence-corrected chi connectivity index (χ1v) is 12.8. The van der Waals surface area contributed by atoms with Crippen LogP contribution in [-0.2, 0) is 19.7 Å². The summed E-state index contributed by atoms with van der Waals surface area (Å²) < 4.78 is 53.6. The summed E-state index contributed by atoms with van der Waals surface area (Å²) in [4.78, 5) is -0.0689. The molecule has 164 valence electrons. The van der Waals surface area contributed by atoms with E-state index in [0.717, 1.165) is 11.1 Å². The Balaban J connectivity index is 2.88.